The number of halogens is 6. The molecule has 0 aliphatic heterocycles. The molecule has 0 fully saturated rings. The molecule has 0 N–H and O–H groups in total. The minimum absolute atomic E-state index is 0.257. The lowest BCUT2D eigenvalue weighted by atomic mass is 10.2. The fourth-order valence-electron chi connectivity index (χ4n) is 1.22. The minimum Gasteiger partial charge on any atom is -0.228 e. The lowest BCUT2D eigenvalue weighted by molar-refractivity contribution is -0.177. The van der Waals surface area contributed by atoms with Gasteiger partial charge in [-0.05, 0) is 6.92 Å². The van der Waals surface area contributed by atoms with Gasteiger partial charge in [0.05, 0.1) is 12.5 Å². The van der Waals surface area contributed by atoms with Crippen LogP contribution in [0.1, 0.15) is 24.4 Å². The first-order chi connectivity index (χ1) is 8.09. The third-order valence-electron chi connectivity index (χ3n) is 2.12. The van der Waals surface area contributed by atoms with Gasteiger partial charge in [0.15, 0.2) is 5.69 Å². The Labute approximate surface area is 96.8 Å². The van der Waals surface area contributed by atoms with E-state index in [0.29, 0.717) is 6.92 Å². The molecular formula is C8H6F6N4. The smallest absolute Gasteiger partial charge is 0.228 e. The van der Waals surface area contributed by atoms with Gasteiger partial charge >= 0.3 is 12.4 Å². The first kappa shape index (κ1) is 14.3. The molecule has 1 rings (SSSR count). The number of rotatable bonds is 2. The van der Waals surface area contributed by atoms with Gasteiger partial charge < -0.3 is 0 Å². The molecule has 0 aromatic carbocycles. The zero-order chi connectivity index (χ0) is 14.1. The highest BCUT2D eigenvalue weighted by Crippen LogP contribution is 2.37. The molecule has 1 atom stereocenters. The van der Waals surface area contributed by atoms with Crippen molar-refractivity contribution in [2.75, 3.05) is 0 Å². The maximum atomic E-state index is 12.6. The number of alkyl halides is 6. The fourth-order valence-corrected chi connectivity index (χ4v) is 1.22. The monoisotopic (exact) mass is 272 g/mol. The molecule has 18 heavy (non-hydrogen) atoms. The second-order valence-electron chi connectivity index (χ2n) is 3.38. The van der Waals surface area contributed by atoms with Crippen LogP contribution in [-0.4, -0.2) is 21.2 Å². The second-order valence-corrected chi connectivity index (χ2v) is 3.38. The van der Waals surface area contributed by atoms with E-state index in [2.05, 4.69) is 10.3 Å². The average Bonchev–Trinajstić information content (AvgIpc) is 2.58. The molecule has 0 aliphatic carbocycles. The van der Waals surface area contributed by atoms with Gasteiger partial charge in [0, 0.05) is 0 Å². The van der Waals surface area contributed by atoms with Crippen molar-refractivity contribution < 1.29 is 26.3 Å². The van der Waals surface area contributed by atoms with Gasteiger partial charge in [-0.25, -0.2) is 4.68 Å². The zero-order valence-corrected chi connectivity index (χ0v) is 8.84. The summed E-state index contributed by atoms with van der Waals surface area (Å²) in [7, 11) is 0. The van der Waals surface area contributed by atoms with Crippen LogP contribution in [0.15, 0.2) is 0 Å². The summed E-state index contributed by atoms with van der Waals surface area (Å²) in [6.07, 6.45) is -10.7. The van der Waals surface area contributed by atoms with Crippen LogP contribution in [0.25, 0.3) is 0 Å². The minimum atomic E-state index is -5.06. The van der Waals surface area contributed by atoms with Crippen LogP contribution in [0.4, 0.5) is 26.3 Å². The van der Waals surface area contributed by atoms with Crippen molar-refractivity contribution in [1.82, 2.24) is 15.0 Å². The number of nitriles is 1. The van der Waals surface area contributed by atoms with Crippen molar-refractivity contribution in [1.29, 1.82) is 5.26 Å². The van der Waals surface area contributed by atoms with E-state index in [0.717, 1.165) is 0 Å². The van der Waals surface area contributed by atoms with Crippen LogP contribution in [0.2, 0.25) is 0 Å². The van der Waals surface area contributed by atoms with Crippen molar-refractivity contribution in [2.45, 2.75) is 31.7 Å². The highest BCUT2D eigenvalue weighted by molar-refractivity contribution is 5.18. The number of nitrogens with zero attached hydrogens (tertiary/aromatic N) is 4. The van der Waals surface area contributed by atoms with Crippen LogP contribution in [0.5, 0.6) is 0 Å². The number of hydrogen-bond acceptors (Lipinski definition) is 3. The average molecular weight is 272 g/mol. The third-order valence-corrected chi connectivity index (χ3v) is 2.12. The summed E-state index contributed by atoms with van der Waals surface area (Å²) < 4.78 is 74.8. The molecule has 1 aromatic rings. The van der Waals surface area contributed by atoms with Gasteiger partial charge in [0.2, 0.25) is 0 Å². The van der Waals surface area contributed by atoms with Gasteiger partial charge in [-0.15, -0.1) is 5.10 Å². The van der Waals surface area contributed by atoms with E-state index in [9.17, 15) is 26.3 Å². The molecule has 1 unspecified atom stereocenters. The van der Waals surface area contributed by atoms with Crippen molar-refractivity contribution in [3.8, 4) is 6.07 Å². The van der Waals surface area contributed by atoms with Crippen LogP contribution in [0, 0.1) is 11.3 Å². The van der Waals surface area contributed by atoms with E-state index in [1.807, 2.05) is 0 Å². The van der Waals surface area contributed by atoms with Crippen LogP contribution >= 0.6 is 0 Å². The Balaban J connectivity index is 3.35. The lowest BCUT2D eigenvalue weighted by Gasteiger charge is -2.19. The maximum absolute atomic E-state index is 12.6. The Bertz CT molecular complexity index is 465. The highest BCUT2D eigenvalue weighted by atomic mass is 19.4. The summed E-state index contributed by atoms with van der Waals surface area (Å²) in [4.78, 5) is 0. The summed E-state index contributed by atoms with van der Waals surface area (Å²) in [6.45, 7) is 0.528. The van der Waals surface area contributed by atoms with Gasteiger partial charge in [0.1, 0.15) is 11.7 Å². The maximum Gasteiger partial charge on any atom is 0.434 e. The quantitative estimate of drug-likeness (QED) is 0.777. The highest BCUT2D eigenvalue weighted by Gasteiger charge is 2.46. The van der Waals surface area contributed by atoms with Gasteiger partial charge in [-0.3, -0.25) is 0 Å². The third kappa shape index (κ3) is 2.72. The molecule has 0 bridgehead atoms. The summed E-state index contributed by atoms with van der Waals surface area (Å²) in [5, 5.41) is 14.1. The number of hydrogen-bond donors (Lipinski definition) is 0. The normalized spacial score (nSPS) is 14.3. The zero-order valence-electron chi connectivity index (χ0n) is 8.84. The van der Waals surface area contributed by atoms with E-state index < -0.39 is 36.2 Å². The number of aromatic nitrogens is 3. The second kappa shape index (κ2) is 4.47. The van der Waals surface area contributed by atoms with E-state index >= 15 is 0 Å². The Morgan fingerprint density at radius 2 is 1.83 bits per heavy atom. The van der Waals surface area contributed by atoms with E-state index in [1.165, 1.54) is 6.07 Å². The standard InChI is InChI=1S/C8H6F6N4/c1-4(7(9,10)11)18-6(8(12,13)14)5(2-3-15)16-17-18/h4H,2H2,1H3. The summed E-state index contributed by atoms with van der Waals surface area (Å²) in [5.74, 6) is 0. The van der Waals surface area contributed by atoms with Crippen molar-refractivity contribution in [3.63, 3.8) is 0 Å². The molecule has 4 nitrogen and oxygen atoms in total. The first-order valence-electron chi connectivity index (χ1n) is 4.54. The Morgan fingerprint density at radius 1 is 1.28 bits per heavy atom. The van der Waals surface area contributed by atoms with Crippen molar-refractivity contribution >= 4 is 0 Å². The molecule has 0 radical (unpaired) electrons. The van der Waals surface area contributed by atoms with Crippen LogP contribution in [-0.2, 0) is 12.6 Å². The Kier molecular flexibility index (Phi) is 3.54. The molecule has 100 valence electrons. The van der Waals surface area contributed by atoms with E-state index in [1.54, 1.807) is 0 Å². The Hall–Kier alpha value is -1.79. The summed E-state index contributed by atoms with van der Waals surface area (Å²) in [5.41, 5.74) is -2.46. The molecule has 1 aromatic heterocycles. The molecule has 10 heteroatoms. The SMILES string of the molecule is CC(n1nnc(CC#N)c1C(F)(F)F)C(F)(F)F. The predicted octanol–water partition coefficient (Wildman–Crippen LogP) is 2.49. The molecule has 0 aliphatic rings. The molecule has 0 saturated carbocycles. The van der Waals surface area contributed by atoms with Crippen LogP contribution < -0.4 is 0 Å². The summed E-state index contributed by atoms with van der Waals surface area (Å²) >= 11 is 0. The largest absolute Gasteiger partial charge is 0.434 e. The first-order valence-corrected chi connectivity index (χ1v) is 4.54. The van der Waals surface area contributed by atoms with Crippen LogP contribution in [0.3, 0.4) is 0 Å². The molecule has 0 saturated heterocycles. The predicted molar refractivity (Wildman–Crippen MR) is 45.1 cm³/mol. The molecule has 0 amide bonds. The molecule has 1 heterocycles. The lowest BCUT2D eigenvalue weighted by Crippen LogP contribution is -2.29. The topological polar surface area (TPSA) is 54.5 Å². The summed E-state index contributed by atoms with van der Waals surface area (Å²) in [6, 6.07) is -1.09. The van der Waals surface area contributed by atoms with E-state index in [4.69, 9.17) is 5.26 Å². The Morgan fingerprint density at radius 3 is 2.22 bits per heavy atom. The fraction of sp³-hybridized carbons (Fsp3) is 0.625. The van der Waals surface area contributed by atoms with Gasteiger partial charge in [0.25, 0.3) is 0 Å². The van der Waals surface area contributed by atoms with Crippen molar-refractivity contribution in [2.24, 2.45) is 0 Å². The van der Waals surface area contributed by atoms with Crippen molar-refractivity contribution in [3.05, 3.63) is 11.4 Å². The van der Waals surface area contributed by atoms with E-state index in [-0.39, 0.29) is 4.68 Å². The molecular weight excluding hydrogens is 266 g/mol. The van der Waals surface area contributed by atoms with Gasteiger partial charge in [-0.2, -0.15) is 31.6 Å². The molecule has 0 spiro atoms. The van der Waals surface area contributed by atoms with Gasteiger partial charge in [-0.1, -0.05) is 5.21 Å².